The van der Waals surface area contributed by atoms with Crippen molar-refractivity contribution in [3.8, 4) is 11.5 Å². The molecule has 0 saturated heterocycles. The molecular formula is C28H33N3O4. The summed E-state index contributed by atoms with van der Waals surface area (Å²) >= 11 is 0. The molecule has 0 fully saturated rings. The summed E-state index contributed by atoms with van der Waals surface area (Å²) in [5.74, 6) is 1.28. The number of benzene rings is 2. The molecule has 1 atom stereocenters. The minimum atomic E-state index is -0.476. The fourth-order valence-electron chi connectivity index (χ4n) is 4.88. The van der Waals surface area contributed by atoms with Gasteiger partial charge in [-0.05, 0) is 67.1 Å². The Morgan fingerprint density at radius 1 is 1.03 bits per heavy atom. The molecule has 1 N–H and O–H groups in total. The number of methoxy groups -OCH3 is 2. The normalized spacial score (nSPS) is 17.5. The number of rotatable bonds is 8. The highest BCUT2D eigenvalue weighted by molar-refractivity contribution is 6.01. The first kappa shape index (κ1) is 24.4. The number of ether oxygens (including phenoxy) is 2. The van der Waals surface area contributed by atoms with E-state index in [1.54, 1.807) is 25.2 Å². The van der Waals surface area contributed by atoms with Crippen LogP contribution in [0.4, 0.5) is 4.79 Å². The maximum Gasteiger partial charge on any atom is 0.322 e. The molecule has 7 nitrogen and oxygen atoms in total. The Labute approximate surface area is 207 Å². The molecule has 3 amide bonds. The molecule has 0 aliphatic carbocycles. The van der Waals surface area contributed by atoms with Crippen molar-refractivity contribution in [2.45, 2.75) is 33.2 Å². The van der Waals surface area contributed by atoms with Crippen molar-refractivity contribution >= 4 is 11.9 Å². The smallest absolute Gasteiger partial charge is 0.322 e. The van der Waals surface area contributed by atoms with E-state index in [4.69, 9.17) is 9.47 Å². The van der Waals surface area contributed by atoms with Crippen molar-refractivity contribution in [2.24, 2.45) is 0 Å². The highest BCUT2D eigenvalue weighted by Crippen LogP contribution is 2.38. The van der Waals surface area contributed by atoms with Crippen LogP contribution in [0.2, 0.25) is 0 Å². The summed E-state index contributed by atoms with van der Waals surface area (Å²) in [6, 6.07) is 9.30. The van der Waals surface area contributed by atoms with Gasteiger partial charge < -0.3 is 19.7 Å². The van der Waals surface area contributed by atoms with E-state index in [2.05, 4.69) is 31.0 Å². The van der Waals surface area contributed by atoms with Crippen molar-refractivity contribution in [1.82, 2.24) is 15.1 Å². The number of carbonyl (C=O) groups is 2. The van der Waals surface area contributed by atoms with E-state index in [1.165, 1.54) is 5.56 Å². The van der Waals surface area contributed by atoms with E-state index in [0.29, 0.717) is 43.1 Å². The van der Waals surface area contributed by atoms with Crippen LogP contribution in [0.3, 0.4) is 0 Å². The van der Waals surface area contributed by atoms with Crippen LogP contribution in [-0.2, 0) is 11.2 Å². The van der Waals surface area contributed by atoms with Gasteiger partial charge in [0.1, 0.15) is 0 Å². The third kappa shape index (κ3) is 4.50. The van der Waals surface area contributed by atoms with Crippen LogP contribution in [0.1, 0.15) is 33.9 Å². The summed E-state index contributed by atoms with van der Waals surface area (Å²) in [5, 5.41) is 3.08. The van der Waals surface area contributed by atoms with Crippen molar-refractivity contribution in [1.29, 1.82) is 0 Å². The zero-order valence-corrected chi connectivity index (χ0v) is 21.1. The van der Waals surface area contributed by atoms with Crippen LogP contribution >= 0.6 is 0 Å². The van der Waals surface area contributed by atoms with Gasteiger partial charge in [0.25, 0.3) is 5.91 Å². The summed E-state index contributed by atoms with van der Waals surface area (Å²) in [4.78, 5) is 30.2. The molecule has 0 saturated carbocycles. The maximum atomic E-state index is 13.7. The maximum absolute atomic E-state index is 13.7. The summed E-state index contributed by atoms with van der Waals surface area (Å²) in [6.07, 6.45) is 2.34. The quantitative estimate of drug-likeness (QED) is 0.581. The van der Waals surface area contributed by atoms with Gasteiger partial charge in [-0.1, -0.05) is 24.3 Å². The molecule has 0 aromatic heterocycles. The number of aryl methyl sites for hydroxylation is 3. The van der Waals surface area contributed by atoms with Crippen molar-refractivity contribution in [3.63, 3.8) is 0 Å². The molecule has 4 rings (SSSR count). The van der Waals surface area contributed by atoms with Gasteiger partial charge in [-0.15, -0.1) is 6.58 Å². The zero-order chi connectivity index (χ0) is 25.3. The molecular weight excluding hydrogens is 442 g/mol. The molecule has 0 radical (unpaired) electrons. The predicted molar refractivity (Wildman–Crippen MR) is 136 cm³/mol. The van der Waals surface area contributed by atoms with E-state index >= 15 is 0 Å². The van der Waals surface area contributed by atoms with Gasteiger partial charge in [0.05, 0.1) is 38.1 Å². The van der Waals surface area contributed by atoms with E-state index in [1.807, 2.05) is 36.9 Å². The van der Waals surface area contributed by atoms with Crippen LogP contribution < -0.4 is 14.8 Å². The van der Waals surface area contributed by atoms with Crippen LogP contribution in [0.15, 0.2) is 54.3 Å². The predicted octanol–water partition coefficient (Wildman–Crippen LogP) is 4.22. The number of amides is 3. The van der Waals surface area contributed by atoms with E-state index in [-0.39, 0.29) is 11.9 Å². The molecule has 2 aliphatic rings. The number of urea groups is 1. The minimum absolute atomic E-state index is 0.0443. The third-order valence-electron chi connectivity index (χ3n) is 6.92. The lowest BCUT2D eigenvalue weighted by atomic mass is 9.90. The highest BCUT2D eigenvalue weighted by Gasteiger charge is 2.44. The SMILES string of the molecule is C=CCN1C(=O)NC(c2cc(C)c(C)cc2C)C2=C1CN(CCc1ccc(OC)c(OC)c1)C2=O. The first-order valence-corrected chi connectivity index (χ1v) is 11.8. The van der Waals surface area contributed by atoms with Crippen LogP contribution in [0.5, 0.6) is 11.5 Å². The molecule has 7 heteroatoms. The largest absolute Gasteiger partial charge is 0.493 e. The second-order valence-corrected chi connectivity index (χ2v) is 9.10. The molecule has 35 heavy (non-hydrogen) atoms. The Balaban J connectivity index is 1.63. The Hall–Kier alpha value is -3.74. The lowest BCUT2D eigenvalue weighted by molar-refractivity contribution is -0.125. The molecule has 0 spiro atoms. The topological polar surface area (TPSA) is 71.1 Å². The number of nitrogens with zero attached hydrogens (tertiary/aromatic N) is 2. The Kier molecular flexibility index (Phi) is 6.87. The van der Waals surface area contributed by atoms with Gasteiger partial charge in [0, 0.05) is 13.1 Å². The van der Waals surface area contributed by atoms with Gasteiger partial charge in [-0.2, -0.15) is 0 Å². The summed E-state index contributed by atoms with van der Waals surface area (Å²) in [7, 11) is 3.21. The van der Waals surface area contributed by atoms with E-state index < -0.39 is 6.04 Å². The molecule has 2 aliphatic heterocycles. The number of hydrogen-bond acceptors (Lipinski definition) is 4. The average molecular weight is 476 g/mol. The van der Waals surface area contributed by atoms with Gasteiger partial charge in [-0.25, -0.2) is 4.79 Å². The van der Waals surface area contributed by atoms with Crippen LogP contribution in [0, 0.1) is 20.8 Å². The fraction of sp³-hybridized carbons (Fsp3) is 0.357. The lowest BCUT2D eigenvalue weighted by Crippen LogP contribution is -2.47. The van der Waals surface area contributed by atoms with Gasteiger partial charge >= 0.3 is 6.03 Å². The third-order valence-corrected chi connectivity index (χ3v) is 6.92. The van der Waals surface area contributed by atoms with E-state index in [9.17, 15) is 9.59 Å². The molecule has 2 aromatic carbocycles. The van der Waals surface area contributed by atoms with Crippen molar-refractivity contribution in [3.05, 3.63) is 82.1 Å². The molecule has 2 aromatic rings. The zero-order valence-electron chi connectivity index (χ0n) is 21.1. The average Bonchev–Trinajstić information content (AvgIpc) is 3.17. The first-order valence-electron chi connectivity index (χ1n) is 11.8. The first-order chi connectivity index (χ1) is 16.8. The molecule has 2 heterocycles. The second-order valence-electron chi connectivity index (χ2n) is 9.10. The number of hydrogen-bond donors (Lipinski definition) is 1. The lowest BCUT2D eigenvalue weighted by Gasteiger charge is -2.33. The summed E-state index contributed by atoms with van der Waals surface area (Å²) in [5.41, 5.74) is 6.77. The van der Waals surface area contributed by atoms with Gasteiger partial charge in [0.2, 0.25) is 0 Å². The summed E-state index contributed by atoms with van der Waals surface area (Å²) < 4.78 is 10.7. The minimum Gasteiger partial charge on any atom is -0.493 e. The van der Waals surface area contributed by atoms with Crippen LogP contribution in [-0.4, -0.2) is 55.6 Å². The van der Waals surface area contributed by atoms with Crippen molar-refractivity contribution in [2.75, 3.05) is 33.9 Å². The number of nitrogens with one attached hydrogen (secondary N) is 1. The summed E-state index contributed by atoms with van der Waals surface area (Å²) in [6.45, 7) is 11.2. The van der Waals surface area contributed by atoms with Gasteiger partial charge in [-0.3, -0.25) is 9.69 Å². The molecule has 0 bridgehead atoms. The molecule has 1 unspecified atom stereocenters. The van der Waals surface area contributed by atoms with E-state index in [0.717, 1.165) is 28.0 Å². The molecule has 184 valence electrons. The Morgan fingerprint density at radius 2 is 1.74 bits per heavy atom. The number of carbonyl (C=O) groups excluding carboxylic acids is 2. The Bertz CT molecular complexity index is 1220. The standard InChI is InChI=1S/C28H33N3O4/c1-7-11-31-22-16-30(12-10-20-8-9-23(34-5)24(15-20)35-6)27(32)25(22)26(29-28(31)33)21-14-18(3)17(2)13-19(21)4/h7-9,13-15,26H,1,10-12,16H2,2-6H3,(H,29,33). The fourth-order valence-corrected chi connectivity index (χ4v) is 4.88. The monoisotopic (exact) mass is 475 g/mol. The second kappa shape index (κ2) is 9.86. The Morgan fingerprint density at radius 3 is 2.43 bits per heavy atom. The van der Waals surface area contributed by atoms with Crippen LogP contribution in [0.25, 0.3) is 0 Å². The van der Waals surface area contributed by atoms with Crippen molar-refractivity contribution < 1.29 is 19.1 Å². The van der Waals surface area contributed by atoms with Gasteiger partial charge in [0.15, 0.2) is 11.5 Å². The highest BCUT2D eigenvalue weighted by atomic mass is 16.5.